The quantitative estimate of drug-likeness (QED) is 0.430. The number of aliphatic imine (C=N–C) groups is 1. The third-order valence-corrected chi connectivity index (χ3v) is 5.67. The minimum atomic E-state index is -0.713. The first-order valence-corrected chi connectivity index (χ1v) is 10.1. The molecule has 0 saturated carbocycles. The van der Waals surface area contributed by atoms with Crippen LogP contribution in [0, 0.1) is 44.2 Å². The zero-order valence-corrected chi connectivity index (χ0v) is 18.0. The van der Waals surface area contributed by atoms with Gasteiger partial charge in [-0.25, -0.2) is 4.99 Å². The molecule has 10 heteroatoms. The Morgan fingerprint density at radius 2 is 1.61 bits per heavy atom. The molecule has 0 bridgehead atoms. The fourth-order valence-electron chi connectivity index (χ4n) is 4.20. The highest BCUT2D eigenvalue weighted by Gasteiger charge is 2.38. The van der Waals surface area contributed by atoms with E-state index in [4.69, 9.17) is 4.99 Å². The number of nitrogens with zero attached hydrogens (tertiary/aromatic N) is 4. The lowest BCUT2D eigenvalue weighted by molar-refractivity contribution is -0.419. The van der Waals surface area contributed by atoms with E-state index in [0.29, 0.717) is 29.0 Å². The van der Waals surface area contributed by atoms with Crippen LogP contribution < -0.4 is 0 Å². The van der Waals surface area contributed by atoms with Crippen molar-refractivity contribution in [2.45, 2.75) is 27.2 Å². The van der Waals surface area contributed by atoms with E-state index < -0.39 is 26.1 Å². The Balaban J connectivity index is 2.04. The first-order chi connectivity index (χ1) is 15.6. The number of aryl methyl sites for hydroxylation is 2. The Kier molecular flexibility index (Phi) is 5.21. The van der Waals surface area contributed by atoms with Crippen LogP contribution in [0.25, 0.3) is 11.6 Å². The molecule has 0 atom stereocenters. The van der Waals surface area contributed by atoms with Gasteiger partial charge in [-0.15, -0.1) is 0 Å². The van der Waals surface area contributed by atoms with Crippen LogP contribution in [0.15, 0.2) is 58.2 Å². The molecule has 0 saturated heterocycles. The minimum absolute atomic E-state index is 0.114. The topological polar surface area (TPSA) is 142 Å². The van der Waals surface area contributed by atoms with Gasteiger partial charge in [0.15, 0.2) is 0 Å². The van der Waals surface area contributed by atoms with Gasteiger partial charge in [0.2, 0.25) is 0 Å². The van der Waals surface area contributed by atoms with Gasteiger partial charge in [0, 0.05) is 23.3 Å². The SMILES string of the molecule is CCC1=C([N+](=O)[O-])C=C2C(=Cc3cc([N+](=O)[O-])cc([N+](=O)[O-])c32)C1=Nc1ccc(C)cc1C. The molecular formula is C23H18N4O6. The van der Waals surface area contributed by atoms with E-state index in [9.17, 15) is 30.3 Å². The summed E-state index contributed by atoms with van der Waals surface area (Å²) in [4.78, 5) is 37.8. The van der Waals surface area contributed by atoms with E-state index in [1.54, 1.807) is 13.0 Å². The molecule has 0 N–H and O–H groups in total. The van der Waals surface area contributed by atoms with Crippen molar-refractivity contribution in [1.29, 1.82) is 0 Å². The average Bonchev–Trinajstić information content (AvgIpc) is 3.12. The number of non-ortho nitro benzene ring substituents is 1. The molecule has 166 valence electrons. The Morgan fingerprint density at radius 1 is 0.879 bits per heavy atom. The highest BCUT2D eigenvalue weighted by Crippen LogP contribution is 2.48. The van der Waals surface area contributed by atoms with Gasteiger partial charge < -0.3 is 0 Å². The number of hydrogen-bond acceptors (Lipinski definition) is 7. The summed E-state index contributed by atoms with van der Waals surface area (Å²) in [5, 5.41) is 35.0. The number of fused-ring (bicyclic) bond motifs is 3. The Hall–Kier alpha value is -4.47. The van der Waals surface area contributed by atoms with Crippen molar-refractivity contribution < 1.29 is 14.8 Å². The van der Waals surface area contributed by atoms with Crippen LogP contribution in [0.3, 0.4) is 0 Å². The highest BCUT2D eigenvalue weighted by atomic mass is 16.6. The van der Waals surface area contributed by atoms with Crippen molar-refractivity contribution in [3.63, 3.8) is 0 Å². The lowest BCUT2D eigenvalue weighted by Gasteiger charge is -2.18. The summed E-state index contributed by atoms with van der Waals surface area (Å²) < 4.78 is 0. The van der Waals surface area contributed by atoms with Crippen molar-refractivity contribution in [2.24, 2.45) is 4.99 Å². The summed E-state index contributed by atoms with van der Waals surface area (Å²) in [7, 11) is 0. The highest BCUT2D eigenvalue weighted by molar-refractivity contribution is 6.29. The van der Waals surface area contributed by atoms with Crippen molar-refractivity contribution in [3.8, 4) is 0 Å². The van der Waals surface area contributed by atoms with Gasteiger partial charge in [-0.05, 0) is 43.5 Å². The van der Waals surface area contributed by atoms with E-state index in [2.05, 4.69) is 0 Å². The molecule has 0 unspecified atom stereocenters. The van der Waals surface area contributed by atoms with Gasteiger partial charge in [-0.2, -0.15) is 0 Å². The molecule has 0 radical (unpaired) electrons. The van der Waals surface area contributed by atoms with Crippen LogP contribution in [0.5, 0.6) is 0 Å². The molecule has 2 aromatic carbocycles. The molecular weight excluding hydrogens is 428 g/mol. The monoisotopic (exact) mass is 446 g/mol. The maximum absolute atomic E-state index is 11.9. The number of allylic oxidation sites excluding steroid dienone is 4. The number of rotatable bonds is 5. The van der Waals surface area contributed by atoms with Crippen LogP contribution in [0.4, 0.5) is 17.1 Å². The van der Waals surface area contributed by atoms with Crippen LogP contribution in [-0.4, -0.2) is 20.5 Å². The predicted molar refractivity (Wildman–Crippen MR) is 123 cm³/mol. The summed E-state index contributed by atoms with van der Waals surface area (Å²) >= 11 is 0. The van der Waals surface area contributed by atoms with E-state index >= 15 is 0 Å². The standard InChI is InChI=1S/C23H18N4O6/c1-4-16-20(26(30)31)11-17-18(23(16)24-19-6-5-12(2)7-13(19)3)9-14-8-15(25(28)29)10-21(22(14)17)27(32)33/h5-11H,4H2,1-3H3. The van der Waals surface area contributed by atoms with Crippen LogP contribution >= 0.6 is 0 Å². The van der Waals surface area contributed by atoms with Crippen LogP contribution in [-0.2, 0) is 0 Å². The van der Waals surface area contributed by atoms with E-state index in [-0.39, 0.29) is 22.4 Å². The predicted octanol–water partition coefficient (Wildman–Crippen LogP) is 5.63. The maximum Gasteiger partial charge on any atom is 0.284 e. The lowest BCUT2D eigenvalue weighted by atomic mass is 9.87. The van der Waals surface area contributed by atoms with Crippen LogP contribution in [0.2, 0.25) is 0 Å². The summed E-state index contributed by atoms with van der Waals surface area (Å²) in [6, 6.07) is 7.74. The van der Waals surface area contributed by atoms with Crippen molar-refractivity contribution in [2.75, 3.05) is 0 Å². The fourth-order valence-corrected chi connectivity index (χ4v) is 4.20. The van der Waals surface area contributed by atoms with E-state index in [1.807, 2.05) is 32.0 Å². The van der Waals surface area contributed by atoms with Gasteiger partial charge >= 0.3 is 0 Å². The third kappa shape index (κ3) is 3.61. The fraction of sp³-hybridized carbons (Fsp3) is 0.174. The molecule has 2 aliphatic rings. The first-order valence-electron chi connectivity index (χ1n) is 10.1. The average molecular weight is 446 g/mol. The van der Waals surface area contributed by atoms with Crippen molar-refractivity contribution in [3.05, 3.63) is 106 Å². The molecule has 33 heavy (non-hydrogen) atoms. The van der Waals surface area contributed by atoms with Crippen LogP contribution in [0.1, 0.15) is 35.6 Å². The Morgan fingerprint density at radius 3 is 2.18 bits per heavy atom. The second-order valence-corrected chi connectivity index (χ2v) is 7.78. The molecule has 4 rings (SSSR count). The maximum atomic E-state index is 11.9. The number of nitro benzene ring substituents is 2. The minimum Gasteiger partial charge on any atom is -0.258 e. The Labute approximate surface area is 187 Å². The zero-order chi connectivity index (χ0) is 24.0. The molecule has 0 heterocycles. The molecule has 0 aromatic heterocycles. The number of nitro groups is 3. The van der Waals surface area contributed by atoms with E-state index in [0.717, 1.165) is 17.2 Å². The molecule has 0 fully saturated rings. The number of hydrogen-bond donors (Lipinski definition) is 0. The normalized spacial score (nSPS) is 15.7. The second-order valence-electron chi connectivity index (χ2n) is 7.78. The molecule has 0 amide bonds. The van der Waals surface area contributed by atoms with Gasteiger partial charge in [-0.3, -0.25) is 30.3 Å². The number of benzene rings is 2. The Bertz CT molecular complexity index is 1400. The molecule has 2 aliphatic carbocycles. The molecule has 0 spiro atoms. The summed E-state index contributed by atoms with van der Waals surface area (Å²) in [5.41, 5.74) is 3.23. The van der Waals surface area contributed by atoms with Crippen molar-refractivity contribution in [1.82, 2.24) is 0 Å². The lowest BCUT2D eigenvalue weighted by Crippen LogP contribution is -2.17. The zero-order valence-electron chi connectivity index (χ0n) is 18.0. The van der Waals surface area contributed by atoms with Gasteiger partial charge in [0.1, 0.15) is 0 Å². The largest absolute Gasteiger partial charge is 0.284 e. The smallest absolute Gasteiger partial charge is 0.258 e. The summed E-state index contributed by atoms with van der Waals surface area (Å²) in [6.07, 6.45) is 3.19. The molecule has 10 nitrogen and oxygen atoms in total. The van der Waals surface area contributed by atoms with Crippen molar-refractivity contribution >= 4 is 34.4 Å². The summed E-state index contributed by atoms with van der Waals surface area (Å²) in [6.45, 7) is 5.59. The van der Waals surface area contributed by atoms with E-state index in [1.165, 1.54) is 12.1 Å². The summed E-state index contributed by atoms with van der Waals surface area (Å²) in [5.74, 6) is 0. The molecule has 2 aromatic rings. The van der Waals surface area contributed by atoms with Gasteiger partial charge in [0.05, 0.1) is 43.4 Å². The first kappa shape index (κ1) is 21.8. The molecule has 0 aliphatic heterocycles. The second kappa shape index (κ2) is 7.90. The third-order valence-electron chi connectivity index (χ3n) is 5.67. The van der Waals surface area contributed by atoms with Gasteiger partial charge in [0.25, 0.3) is 17.1 Å². The van der Waals surface area contributed by atoms with Gasteiger partial charge in [-0.1, -0.05) is 24.6 Å².